The summed E-state index contributed by atoms with van der Waals surface area (Å²) in [6.07, 6.45) is 5.25. The van der Waals surface area contributed by atoms with Gasteiger partial charge in [0.05, 0.1) is 12.2 Å². The fraction of sp³-hybridized carbons (Fsp3) is 0.474. The van der Waals surface area contributed by atoms with E-state index in [2.05, 4.69) is 16.0 Å². The highest BCUT2D eigenvalue weighted by Crippen LogP contribution is 2.35. The SMILES string of the molecule is CN(CCc1cnn(C)c1)C(=O)C1CC(COc2ccc3c(c2)OCO3)NN1. The fourth-order valence-electron chi connectivity index (χ4n) is 3.33. The van der Waals surface area contributed by atoms with E-state index in [1.807, 2.05) is 44.7 Å². The molecule has 0 saturated carbocycles. The Bertz CT molecular complexity index is 839. The number of ether oxygens (including phenoxy) is 3. The third-order valence-corrected chi connectivity index (χ3v) is 4.95. The quantitative estimate of drug-likeness (QED) is 0.714. The number of hydrogen-bond donors (Lipinski definition) is 2. The van der Waals surface area contributed by atoms with Crippen LogP contribution < -0.4 is 25.1 Å². The summed E-state index contributed by atoms with van der Waals surface area (Å²) in [6.45, 7) is 1.35. The van der Waals surface area contributed by atoms with Crippen LogP contribution >= 0.6 is 0 Å². The maximum atomic E-state index is 12.7. The fourth-order valence-corrected chi connectivity index (χ4v) is 3.33. The second kappa shape index (κ2) is 8.07. The van der Waals surface area contributed by atoms with Crippen LogP contribution in [0.15, 0.2) is 30.6 Å². The molecule has 1 saturated heterocycles. The molecule has 2 N–H and O–H groups in total. The number of carbonyl (C=O) groups excluding carboxylic acids is 1. The van der Waals surface area contributed by atoms with Crippen molar-refractivity contribution >= 4 is 5.91 Å². The van der Waals surface area contributed by atoms with Crippen molar-refractivity contribution in [1.82, 2.24) is 25.5 Å². The van der Waals surface area contributed by atoms with Crippen LogP contribution in [0, 0.1) is 0 Å². The van der Waals surface area contributed by atoms with E-state index in [4.69, 9.17) is 14.2 Å². The molecule has 2 aromatic rings. The predicted molar refractivity (Wildman–Crippen MR) is 101 cm³/mol. The van der Waals surface area contributed by atoms with Crippen molar-refractivity contribution in [3.8, 4) is 17.2 Å². The van der Waals surface area contributed by atoms with Crippen molar-refractivity contribution in [2.24, 2.45) is 7.05 Å². The van der Waals surface area contributed by atoms with Gasteiger partial charge < -0.3 is 19.1 Å². The lowest BCUT2D eigenvalue weighted by molar-refractivity contribution is -0.131. The zero-order valence-corrected chi connectivity index (χ0v) is 16.1. The van der Waals surface area contributed by atoms with Crippen molar-refractivity contribution in [3.05, 3.63) is 36.2 Å². The van der Waals surface area contributed by atoms with Crippen molar-refractivity contribution in [3.63, 3.8) is 0 Å². The molecule has 2 aliphatic heterocycles. The smallest absolute Gasteiger partial charge is 0.240 e. The predicted octanol–water partition coefficient (Wildman–Crippen LogP) is 0.464. The van der Waals surface area contributed by atoms with Crippen LogP contribution in [0.1, 0.15) is 12.0 Å². The average molecular weight is 387 g/mol. The largest absolute Gasteiger partial charge is 0.492 e. The highest BCUT2D eigenvalue weighted by Gasteiger charge is 2.31. The highest BCUT2D eigenvalue weighted by atomic mass is 16.7. The van der Waals surface area contributed by atoms with E-state index < -0.39 is 0 Å². The van der Waals surface area contributed by atoms with Gasteiger partial charge in [-0.25, -0.2) is 5.43 Å². The third kappa shape index (κ3) is 4.20. The van der Waals surface area contributed by atoms with Gasteiger partial charge in [-0.05, 0) is 30.5 Å². The van der Waals surface area contributed by atoms with Crippen molar-refractivity contribution in [1.29, 1.82) is 0 Å². The first-order chi connectivity index (χ1) is 13.6. The van der Waals surface area contributed by atoms with E-state index >= 15 is 0 Å². The van der Waals surface area contributed by atoms with Crippen LogP contribution in [0.3, 0.4) is 0 Å². The zero-order chi connectivity index (χ0) is 19.5. The number of benzene rings is 1. The van der Waals surface area contributed by atoms with Crippen molar-refractivity contribution < 1.29 is 19.0 Å². The van der Waals surface area contributed by atoms with E-state index in [-0.39, 0.29) is 24.8 Å². The minimum atomic E-state index is -0.260. The number of aromatic nitrogens is 2. The Morgan fingerprint density at radius 1 is 1.36 bits per heavy atom. The molecule has 0 radical (unpaired) electrons. The molecular weight excluding hydrogens is 362 g/mol. The Balaban J connectivity index is 1.22. The van der Waals surface area contributed by atoms with Gasteiger partial charge >= 0.3 is 0 Å². The number of carbonyl (C=O) groups is 1. The first-order valence-electron chi connectivity index (χ1n) is 9.34. The number of likely N-dealkylation sites (N-methyl/N-ethyl adjacent to an activating group) is 1. The lowest BCUT2D eigenvalue weighted by Crippen LogP contribution is -2.45. The second-order valence-electron chi connectivity index (χ2n) is 7.13. The summed E-state index contributed by atoms with van der Waals surface area (Å²) in [4.78, 5) is 14.4. The molecule has 150 valence electrons. The molecule has 1 fully saturated rings. The Morgan fingerprint density at radius 3 is 3.04 bits per heavy atom. The number of nitrogens with one attached hydrogen (secondary N) is 2. The molecule has 2 unspecified atom stereocenters. The van der Waals surface area contributed by atoms with Crippen LogP contribution in [0.2, 0.25) is 0 Å². The van der Waals surface area contributed by atoms with E-state index in [9.17, 15) is 4.79 Å². The molecule has 9 nitrogen and oxygen atoms in total. The number of fused-ring (bicyclic) bond motifs is 1. The van der Waals surface area contributed by atoms with Gasteiger partial charge in [-0.2, -0.15) is 5.10 Å². The molecular formula is C19H25N5O4. The highest BCUT2D eigenvalue weighted by molar-refractivity contribution is 5.82. The van der Waals surface area contributed by atoms with Gasteiger partial charge in [0.2, 0.25) is 12.7 Å². The lowest BCUT2D eigenvalue weighted by atomic mass is 10.1. The Hall–Kier alpha value is -2.78. The van der Waals surface area contributed by atoms with Gasteiger partial charge in [0.25, 0.3) is 0 Å². The number of aryl methyl sites for hydroxylation is 1. The van der Waals surface area contributed by atoms with E-state index in [0.717, 1.165) is 23.5 Å². The summed E-state index contributed by atoms with van der Waals surface area (Å²) < 4.78 is 18.3. The van der Waals surface area contributed by atoms with E-state index in [1.54, 1.807) is 9.58 Å². The van der Waals surface area contributed by atoms with Crippen LogP contribution in [-0.2, 0) is 18.3 Å². The monoisotopic (exact) mass is 387 g/mol. The van der Waals surface area contributed by atoms with Crippen LogP contribution in [-0.4, -0.2) is 59.7 Å². The molecule has 2 atom stereocenters. The molecule has 1 aromatic carbocycles. The summed E-state index contributed by atoms with van der Waals surface area (Å²) in [7, 11) is 3.72. The molecule has 3 heterocycles. The van der Waals surface area contributed by atoms with Gasteiger partial charge in [-0.15, -0.1) is 0 Å². The molecule has 0 spiro atoms. The summed E-state index contributed by atoms with van der Waals surface area (Å²) in [5.74, 6) is 2.21. The summed E-state index contributed by atoms with van der Waals surface area (Å²) >= 11 is 0. The molecule has 28 heavy (non-hydrogen) atoms. The third-order valence-electron chi connectivity index (χ3n) is 4.95. The lowest BCUT2D eigenvalue weighted by Gasteiger charge is -2.20. The minimum absolute atomic E-state index is 0.0473. The molecule has 0 bridgehead atoms. The topological polar surface area (TPSA) is 89.9 Å². The minimum Gasteiger partial charge on any atom is -0.492 e. The number of hydrazine groups is 1. The first-order valence-corrected chi connectivity index (χ1v) is 9.34. The molecule has 0 aliphatic carbocycles. The van der Waals surface area contributed by atoms with E-state index in [1.165, 1.54) is 0 Å². The zero-order valence-electron chi connectivity index (χ0n) is 16.1. The maximum absolute atomic E-state index is 12.7. The van der Waals surface area contributed by atoms with Gasteiger partial charge in [0.1, 0.15) is 18.4 Å². The van der Waals surface area contributed by atoms with Gasteiger partial charge in [0, 0.05) is 32.9 Å². The molecule has 2 aliphatic rings. The summed E-state index contributed by atoms with van der Waals surface area (Å²) in [5.41, 5.74) is 7.36. The molecule has 1 aromatic heterocycles. The average Bonchev–Trinajstić information content (AvgIpc) is 3.44. The number of hydrogen-bond acceptors (Lipinski definition) is 7. The van der Waals surface area contributed by atoms with E-state index in [0.29, 0.717) is 25.3 Å². The molecule has 9 heteroatoms. The summed E-state index contributed by atoms with van der Waals surface area (Å²) in [6, 6.07) is 5.29. The second-order valence-corrected chi connectivity index (χ2v) is 7.13. The number of nitrogens with zero attached hydrogens (tertiary/aromatic N) is 3. The van der Waals surface area contributed by atoms with Crippen LogP contribution in [0.4, 0.5) is 0 Å². The normalized spacial score (nSPS) is 20.4. The standard InChI is InChI=1S/C19H25N5O4/c1-23(6-5-13-9-20-24(2)10-13)19(25)16-7-14(21-22-16)11-26-15-3-4-17-18(8-15)28-12-27-17/h3-4,8-10,14,16,21-22H,5-7,11-12H2,1-2H3. The number of amides is 1. The maximum Gasteiger partial charge on any atom is 0.240 e. The molecule has 4 rings (SSSR count). The Morgan fingerprint density at radius 2 is 2.21 bits per heavy atom. The Kier molecular flexibility index (Phi) is 5.36. The van der Waals surface area contributed by atoms with Gasteiger partial charge in [-0.3, -0.25) is 14.9 Å². The van der Waals surface area contributed by atoms with Gasteiger partial charge in [-0.1, -0.05) is 0 Å². The van der Waals surface area contributed by atoms with Crippen molar-refractivity contribution in [2.75, 3.05) is 27.0 Å². The first kappa shape index (κ1) is 18.6. The molecule has 1 amide bonds. The summed E-state index contributed by atoms with van der Waals surface area (Å²) in [5, 5.41) is 4.15. The number of rotatable bonds is 7. The van der Waals surface area contributed by atoms with Crippen LogP contribution in [0.5, 0.6) is 17.2 Å². The Labute approximate surface area is 163 Å². The van der Waals surface area contributed by atoms with Crippen LogP contribution in [0.25, 0.3) is 0 Å². The van der Waals surface area contributed by atoms with Crippen molar-refractivity contribution in [2.45, 2.75) is 24.9 Å². The van der Waals surface area contributed by atoms with Gasteiger partial charge in [0.15, 0.2) is 11.5 Å².